The van der Waals surface area contributed by atoms with Gasteiger partial charge in [-0.2, -0.15) is 5.10 Å². The van der Waals surface area contributed by atoms with E-state index in [0.717, 1.165) is 30.3 Å². The Morgan fingerprint density at radius 1 is 1.27 bits per heavy atom. The molecule has 6 heteroatoms. The maximum Gasteiger partial charge on any atom is 0.152 e. The second kappa shape index (κ2) is 6.06. The van der Waals surface area contributed by atoms with Gasteiger partial charge >= 0.3 is 0 Å². The van der Waals surface area contributed by atoms with Crippen molar-refractivity contribution in [3.8, 4) is 11.5 Å². The van der Waals surface area contributed by atoms with E-state index in [2.05, 4.69) is 31.5 Å². The lowest BCUT2D eigenvalue weighted by Crippen LogP contribution is -2.32. The molecule has 4 heterocycles. The lowest BCUT2D eigenvalue weighted by Gasteiger charge is -2.33. The minimum atomic E-state index is 0.425. The summed E-state index contributed by atoms with van der Waals surface area (Å²) in [6.45, 7) is 1.93. The van der Waals surface area contributed by atoms with Crippen LogP contribution in [0.5, 0.6) is 0 Å². The van der Waals surface area contributed by atoms with Crippen LogP contribution in [0.1, 0.15) is 36.1 Å². The number of thiazole rings is 1. The smallest absolute Gasteiger partial charge is 0.152 e. The molecule has 1 atom stereocenters. The van der Waals surface area contributed by atoms with Crippen LogP contribution in [0.15, 0.2) is 40.4 Å². The lowest BCUT2D eigenvalue weighted by atomic mass is 10.0. The molecule has 0 aromatic carbocycles. The molecular weight excluding hydrogens is 296 g/mol. The molecule has 3 aromatic rings. The molecule has 0 saturated carbocycles. The van der Waals surface area contributed by atoms with Gasteiger partial charge in [-0.1, -0.05) is 6.42 Å². The summed E-state index contributed by atoms with van der Waals surface area (Å²) in [4.78, 5) is 6.99. The van der Waals surface area contributed by atoms with Crippen LogP contribution in [-0.2, 0) is 6.54 Å². The van der Waals surface area contributed by atoms with E-state index in [4.69, 9.17) is 4.42 Å². The quantitative estimate of drug-likeness (QED) is 0.794. The van der Waals surface area contributed by atoms with Gasteiger partial charge in [0.2, 0.25) is 0 Å². The number of hydrogen-bond donors (Lipinski definition) is 1. The number of H-pyrrole nitrogens is 1. The zero-order chi connectivity index (χ0) is 14.8. The molecule has 0 bridgehead atoms. The second-order valence-corrected chi connectivity index (χ2v) is 6.51. The van der Waals surface area contributed by atoms with Crippen molar-refractivity contribution in [3.05, 3.63) is 46.7 Å². The van der Waals surface area contributed by atoms with Crippen LogP contribution in [0.2, 0.25) is 0 Å². The van der Waals surface area contributed by atoms with Gasteiger partial charge in [0, 0.05) is 17.8 Å². The molecule has 5 nitrogen and oxygen atoms in total. The number of aromatic amines is 1. The van der Waals surface area contributed by atoms with E-state index in [-0.39, 0.29) is 0 Å². The van der Waals surface area contributed by atoms with Crippen LogP contribution in [0.25, 0.3) is 11.5 Å². The Hall–Kier alpha value is -1.92. The van der Waals surface area contributed by atoms with E-state index in [1.165, 1.54) is 24.3 Å². The van der Waals surface area contributed by atoms with Gasteiger partial charge in [-0.25, -0.2) is 4.98 Å². The summed E-state index contributed by atoms with van der Waals surface area (Å²) in [7, 11) is 0. The average molecular weight is 314 g/mol. The van der Waals surface area contributed by atoms with Crippen LogP contribution in [0.4, 0.5) is 0 Å². The number of aromatic nitrogens is 3. The number of nitrogens with one attached hydrogen (secondary N) is 1. The molecule has 0 unspecified atom stereocenters. The first-order valence-corrected chi connectivity index (χ1v) is 8.50. The molecule has 0 aliphatic carbocycles. The zero-order valence-electron chi connectivity index (χ0n) is 12.2. The monoisotopic (exact) mass is 314 g/mol. The zero-order valence-corrected chi connectivity index (χ0v) is 13.1. The summed E-state index contributed by atoms with van der Waals surface area (Å²) in [6, 6.07) is 6.41. The van der Waals surface area contributed by atoms with Crippen LogP contribution in [0.3, 0.4) is 0 Å². The molecule has 1 aliphatic rings. The molecule has 3 aromatic heterocycles. The summed E-state index contributed by atoms with van der Waals surface area (Å²) >= 11 is 1.75. The van der Waals surface area contributed by atoms with E-state index >= 15 is 0 Å². The Bertz CT molecular complexity index is 704. The third-order valence-corrected chi connectivity index (χ3v) is 5.01. The number of nitrogens with zero attached hydrogens (tertiary/aromatic N) is 3. The molecule has 22 heavy (non-hydrogen) atoms. The van der Waals surface area contributed by atoms with Crippen LogP contribution < -0.4 is 0 Å². The van der Waals surface area contributed by atoms with Gasteiger partial charge in [0.25, 0.3) is 0 Å². The summed E-state index contributed by atoms with van der Waals surface area (Å²) in [5.74, 6) is 1.84. The molecule has 4 rings (SSSR count). The van der Waals surface area contributed by atoms with Gasteiger partial charge < -0.3 is 4.42 Å². The lowest BCUT2D eigenvalue weighted by molar-refractivity contribution is 0.130. The van der Waals surface area contributed by atoms with Crippen molar-refractivity contribution in [1.82, 2.24) is 20.1 Å². The number of piperidine rings is 1. The number of likely N-dealkylation sites (tertiary alicyclic amines) is 1. The largest absolute Gasteiger partial charge is 0.458 e. The maximum atomic E-state index is 5.97. The van der Waals surface area contributed by atoms with E-state index < -0.39 is 0 Å². The minimum Gasteiger partial charge on any atom is -0.458 e. The maximum absolute atomic E-state index is 5.97. The van der Waals surface area contributed by atoms with Crippen molar-refractivity contribution in [1.29, 1.82) is 0 Å². The van der Waals surface area contributed by atoms with Gasteiger partial charge in [-0.15, -0.1) is 11.3 Å². The molecule has 0 amide bonds. The highest BCUT2D eigenvalue weighted by Crippen LogP contribution is 2.33. The summed E-state index contributed by atoms with van der Waals surface area (Å²) in [5.41, 5.74) is 0.918. The van der Waals surface area contributed by atoms with Gasteiger partial charge in [0.1, 0.15) is 16.5 Å². The van der Waals surface area contributed by atoms with E-state index in [1.54, 1.807) is 17.5 Å². The molecule has 0 radical (unpaired) electrons. The molecule has 1 aliphatic heterocycles. The highest BCUT2D eigenvalue weighted by Gasteiger charge is 2.26. The van der Waals surface area contributed by atoms with Crippen molar-refractivity contribution < 1.29 is 4.42 Å². The molecular formula is C16H18N4OS. The van der Waals surface area contributed by atoms with Crippen LogP contribution in [-0.4, -0.2) is 26.6 Å². The number of furan rings is 1. The van der Waals surface area contributed by atoms with Crippen molar-refractivity contribution in [2.45, 2.75) is 31.8 Å². The Morgan fingerprint density at radius 2 is 2.27 bits per heavy atom. The highest BCUT2D eigenvalue weighted by molar-refractivity contribution is 7.09. The Morgan fingerprint density at radius 3 is 3.09 bits per heavy atom. The first-order valence-electron chi connectivity index (χ1n) is 7.62. The fourth-order valence-electron chi connectivity index (χ4n) is 3.06. The van der Waals surface area contributed by atoms with Gasteiger partial charge in [0.05, 0.1) is 12.6 Å². The second-order valence-electron chi connectivity index (χ2n) is 5.59. The van der Waals surface area contributed by atoms with Crippen molar-refractivity contribution >= 4 is 11.3 Å². The Balaban J connectivity index is 1.52. The average Bonchev–Trinajstić information content (AvgIpc) is 3.30. The van der Waals surface area contributed by atoms with Gasteiger partial charge in [0.15, 0.2) is 5.76 Å². The first kappa shape index (κ1) is 13.7. The molecule has 114 valence electrons. The summed E-state index contributed by atoms with van der Waals surface area (Å²) in [5, 5.41) is 10.2. The molecule has 1 N–H and O–H groups in total. The molecule has 1 saturated heterocycles. The van der Waals surface area contributed by atoms with Gasteiger partial charge in [-0.05, 0) is 37.6 Å². The predicted octanol–water partition coefficient (Wildman–Crippen LogP) is 3.85. The fraction of sp³-hybridized carbons (Fsp3) is 0.375. The number of rotatable bonds is 4. The molecule has 0 spiro atoms. The van der Waals surface area contributed by atoms with Crippen molar-refractivity contribution in [2.24, 2.45) is 0 Å². The Kier molecular flexibility index (Phi) is 3.78. The van der Waals surface area contributed by atoms with Crippen molar-refractivity contribution in [2.75, 3.05) is 6.54 Å². The normalized spacial score (nSPS) is 19.5. The predicted molar refractivity (Wildman–Crippen MR) is 85.4 cm³/mol. The van der Waals surface area contributed by atoms with Crippen LogP contribution in [0, 0.1) is 0 Å². The summed E-state index contributed by atoms with van der Waals surface area (Å²) < 4.78 is 5.97. The highest BCUT2D eigenvalue weighted by atomic mass is 32.1. The Labute approximate surface area is 133 Å². The fourth-order valence-corrected chi connectivity index (χ4v) is 3.87. The summed E-state index contributed by atoms with van der Waals surface area (Å²) in [6.07, 6.45) is 7.34. The SMILES string of the molecule is c1cc(-c2ccc(CN3CCCC[C@H]3c3nccs3)o2)[nH]n1. The topological polar surface area (TPSA) is 58.0 Å². The van der Waals surface area contributed by atoms with Gasteiger partial charge in [-0.3, -0.25) is 10.00 Å². The standard InChI is InChI=1S/C16H18N4OS/c1-2-9-20(14(3-1)16-17-8-10-22-16)11-12-4-5-15(21-12)13-6-7-18-19-13/h4-8,10,14H,1-3,9,11H2,(H,18,19)/t14-/m0/s1. The van der Waals surface area contributed by atoms with E-state index in [0.29, 0.717) is 6.04 Å². The van der Waals surface area contributed by atoms with E-state index in [9.17, 15) is 0 Å². The first-order chi connectivity index (χ1) is 10.9. The van der Waals surface area contributed by atoms with E-state index in [1.807, 2.05) is 18.3 Å². The number of hydrogen-bond acceptors (Lipinski definition) is 5. The minimum absolute atomic E-state index is 0.425. The molecule has 1 fully saturated rings. The van der Waals surface area contributed by atoms with Crippen molar-refractivity contribution in [3.63, 3.8) is 0 Å². The van der Waals surface area contributed by atoms with Crippen LogP contribution >= 0.6 is 11.3 Å². The third kappa shape index (κ3) is 2.71. The third-order valence-electron chi connectivity index (χ3n) is 4.14.